The number of rotatable bonds is 4. The van der Waals surface area contributed by atoms with Crippen LogP contribution in [-0.2, 0) is 11.2 Å². The Morgan fingerprint density at radius 3 is 3.14 bits per heavy atom. The molecule has 0 aromatic carbocycles. The predicted octanol–water partition coefficient (Wildman–Crippen LogP) is 2.13. The fraction of sp³-hybridized carbons (Fsp3) is 0.400. The Balaban J connectivity index is 1.68. The third-order valence-electron chi connectivity index (χ3n) is 3.79. The number of carbonyl (C=O) groups excluding carboxylic acids is 1. The van der Waals surface area contributed by atoms with E-state index >= 15 is 0 Å². The summed E-state index contributed by atoms with van der Waals surface area (Å²) in [5.74, 6) is 0.156. The summed E-state index contributed by atoms with van der Waals surface area (Å²) in [5, 5.41) is 2.03. The van der Waals surface area contributed by atoms with Crippen molar-refractivity contribution in [2.45, 2.75) is 31.7 Å². The summed E-state index contributed by atoms with van der Waals surface area (Å²) < 4.78 is 0. The lowest BCUT2D eigenvalue weighted by Crippen LogP contribution is -2.32. The molecule has 0 unspecified atom stereocenters. The van der Waals surface area contributed by atoms with Gasteiger partial charge in [0.2, 0.25) is 5.91 Å². The molecule has 6 heteroatoms. The van der Waals surface area contributed by atoms with Gasteiger partial charge in [-0.05, 0) is 36.8 Å². The van der Waals surface area contributed by atoms with Gasteiger partial charge in [-0.25, -0.2) is 9.78 Å². The topological polar surface area (TPSA) is 66.1 Å². The summed E-state index contributed by atoms with van der Waals surface area (Å²) in [7, 11) is 0. The van der Waals surface area contributed by atoms with Gasteiger partial charge in [0.05, 0.1) is 6.04 Å². The van der Waals surface area contributed by atoms with Crippen molar-refractivity contribution >= 4 is 17.2 Å². The van der Waals surface area contributed by atoms with Crippen LogP contribution in [0.3, 0.4) is 0 Å². The molecule has 0 spiro atoms. The van der Waals surface area contributed by atoms with Crippen LogP contribution in [0.5, 0.6) is 0 Å². The van der Waals surface area contributed by atoms with Crippen molar-refractivity contribution in [3.63, 3.8) is 0 Å². The first-order chi connectivity index (χ1) is 10.2. The molecule has 0 radical (unpaired) electrons. The Morgan fingerprint density at radius 2 is 2.38 bits per heavy atom. The van der Waals surface area contributed by atoms with Crippen LogP contribution in [0.4, 0.5) is 0 Å². The average molecular weight is 303 g/mol. The summed E-state index contributed by atoms with van der Waals surface area (Å²) in [4.78, 5) is 33.3. The van der Waals surface area contributed by atoms with Gasteiger partial charge in [0.25, 0.3) is 0 Å². The molecule has 1 aliphatic heterocycles. The predicted molar refractivity (Wildman–Crippen MR) is 81.2 cm³/mol. The van der Waals surface area contributed by atoms with Crippen molar-refractivity contribution in [2.75, 3.05) is 6.54 Å². The number of nitrogens with one attached hydrogen (secondary N) is 1. The molecule has 3 heterocycles. The van der Waals surface area contributed by atoms with E-state index in [0.29, 0.717) is 6.42 Å². The SMILES string of the molecule is O=C(CCc1cccs1)N1CCC[C@@H]1c1ccnc(=O)[nH]1. The third kappa shape index (κ3) is 3.21. The van der Waals surface area contributed by atoms with Gasteiger partial charge in [0.1, 0.15) is 0 Å². The summed E-state index contributed by atoms with van der Waals surface area (Å²) >= 11 is 1.68. The second-order valence-electron chi connectivity index (χ2n) is 5.15. The molecule has 2 aromatic rings. The summed E-state index contributed by atoms with van der Waals surface area (Å²) in [5.41, 5.74) is 0.433. The molecule has 0 saturated carbocycles. The van der Waals surface area contributed by atoms with E-state index < -0.39 is 0 Å². The van der Waals surface area contributed by atoms with E-state index in [1.165, 1.54) is 11.1 Å². The lowest BCUT2D eigenvalue weighted by atomic mass is 10.1. The van der Waals surface area contributed by atoms with Crippen molar-refractivity contribution in [1.82, 2.24) is 14.9 Å². The molecule has 110 valence electrons. The smallest absolute Gasteiger partial charge is 0.334 e. The molecule has 0 aliphatic carbocycles. The molecule has 1 N–H and O–H groups in total. The molecular weight excluding hydrogens is 286 g/mol. The summed E-state index contributed by atoms with van der Waals surface area (Å²) in [6, 6.07) is 5.83. The fourth-order valence-electron chi connectivity index (χ4n) is 2.79. The zero-order valence-electron chi connectivity index (χ0n) is 11.6. The van der Waals surface area contributed by atoms with Crippen LogP contribution in [0.15, 0.2) is 34.6 Å². The van der Waals surface area contributed by atoms with Crippen molar-refractivity contribution in [2.24, 2.45) is 0 Å². The van der Waals surface area contributed by atoms with Gasteiger partial charge in [-0.1, -0.05) is 6.07 Å². The number of aromatic amines is 1. The Hall–Kier alpha value is -1.95. The zero-order chi connectivity index (χ0) is 14.7. The highest BCUT2D eigenvalue weighted by Gasteiger charge is 2.30. The van der Waals surface area contributed by atoms with E-state index in [4.69, 9.17) is 0 Å². The second kappa shape index (κ2) is 6.22. The molecule has 0 bridgehead atoms. The van der Waals surface area contributed by atoms with Crippen LogP contribution in [-0.4, -0.2) is 27.3 Å². The van der Waals surface area contributed by atoms with Crippen LogP contribution >= 0.6 is 11.3 Å². The van der Waals surface area contributed by atoms with Gasteiger partial charge in [0, 0.05) is 29.7 Å². The van der Waals surface area contributed by atoms with Gasteiger partial charge >= 0.3 is 5.69 Å². The molecular formula is C15H17N3O2S. The number of likely N-dealkylation sites (tertiary alicyclic amines) is 1. The maximum atomic E-state index is 12.4. The summed E-state index contributed by atoms with van der Waals surface area (Å²) in [6.07, 6.45) is 4.67. The van der Waals surface area contributed by atoms with E-state index in [-0.39, 0.29) is 17.6 Å². The van der Waals surface area contributed by atoms with Crippen molar-refractivity contribution in [3.8, 4) is 0 Å². The van der Waals surface area contributed by atoms with Gasteiger partial charge in [-0.15, -0.1) is 11.3 Å². The molecule has 2 aromatic heterocycles. The van der Waals surface area contributed by atoms with E-state index in [1.54, 1.807) is 17.4 Å². The van der Waals surface area contributed by atoms with E-state index in [9.17, 15) is 9.59 Å². The Kier molecular flexibility index (Phi) is 4.15. The van der Waals surface area contributed by atoms with Gasteiger partial charge in [0.15, 0.2) is 0 Å². The number of thiophene rings is 1. The molecule has 21 heavy (non-hydrogen) atoms. The molecule has 3 rings (SSSR count). The Morgan fingerprint density at radius 1 is 1.48 bits per heavy atom. The van der Waals surface area contributed by atoms with Crippen LogP contribution < -0.4 is 5.69 Å². The lowest BCUT2D eigenvalue weighted by molar-refractivity contribution is -0.132. The number of nitrogens with zero attached hydrogens (tertiary/aromatic N) is 2. The first-order valence-corrected chi connectivity index (χ1v) is 7.99. The highest BCUT2D eigenvalue weighted by Crippen LogP contribution is 2.30. The first kappa shape index (κ1) is 14.0. The quantitative estimate of drug-likeness (QED) is 0.941. The van der Waals surface area contributed by atoms with E-state index in [1.807, 2.05) is 16.3 Å². The Bertz CT molecular complexity index is 666. The average Bonchev–Trinajstić information content (AvgIpc) is 3.16. The van der Waals surface area contributed by atoms with Gasteiger partial charge < -0.3 is 9.88 Å². The first-order valence-electron chi connectivity index (χ1n) is 7.11. The Labute approximate surface area is 126 Å². The number of amides is 1. The van der Waals surface area contributed by atoms with Crippen LogP contribution in [0, 0.1) is 0 Å². The van der Waals surface area contributed by atoms with Crippen molar-refractivity contribution in [1.29, 1.82) is 0 Å². The normalized spacial score (nSPS) is 18.1. The van der Waals surface area contributed by atoms with Gasteiger partial charge in [-0.2, -0.15) is 0 Å². The molecule has 1 fully saturated rings. The molecule has 1 amide bonds. The molecule has 1 saturated heterocycles. The fourth-order valence-corrected chi connectivity index (χ4v) is 3.50. The van der Waals surface area contributed by atoms with Gasteiger partial charge in [-0.3, -0.25) is 4.79 Å². The standard InChI is InChI=1S/C15H17N3O2S/c19-14(6-5-11-3-2-10-21-11)18-9-1-4-13(18)12-7-8-16-15(20)17-12/h2-3,7-8,10,13H,1,4-6,9H2,(H,16,17,20)/t13-/m1/s1. The molecule has 1 aliphatic rings. The largest absolute Gasteiger partial charge is 0.345 e. The second-order valence-corrected chi connectivity index (χ2v) is 6.19. The van der Waals surface area contributed by atoms with E-state index in [0.717, 1.165) is 31.5 Å². The summed E-state index contributed by atoms with van der Waals surface area (Å²) in [6.45, 7) is 0.762. The molecule has 5 nitrogen and oxygen atoms in total. The number of H-pyrrole nitrogens is 1. The number of hydrogen-bond donors (Lipinski definition) is 1. The number of hydrogen-bond acceptors (Lipinski definition) is 4. The van der Waals surface area contributed by atoms with Crippen LogP contribution in [0.25, 0.3) is 0 Å². The van der Waals surface area contributed by atoms with Crippen LogP contribution in [0.1, 0.15) is 35.9 Å². The number of aryl methyl sites for hydroxylation is 1. The zero-order valence-corrected chi connectivity index (χ0v) is 12.4. The minimum Gasteiger partial charge on any atom is -0.334 e. The highest BCUT2D eigenvalue weighted by atomic mass is 32.1. The molecule has 1 atom stereocenters. The maximum Gasteiger partial charge on any atom is 0.345 e. The van der Waals surface area contributed by atoms with Crippen LogP contribution in [0.2, 0.25) is 0 Å². The van der Waals surface area contributed by atoms with Crippen molar-refractivity contribution in [3.05, 3.63) is 50.8 Å². The number of carbonyl (C=O) groups is 1. The third-order valence-corrected chi connectivity index (χ3v) is 4.73. The number of aromatic nitrogens is 2. The monoisotopic (exact) mass is 303 g/mol. The lowest BCUT2D eigenvalue weighted by Gasteiger charge is -2.24. The maximum absolute atomic E-state index is 12.4. The minimum atomic E-state index is -0.356. The van der Waals surface area contributed by atoms with Crippen molar-refractivity contribution < 1.29 is 4.79 Å². The highest BCUT2D eigenvalue weighted by molar-refractivity contribution is 7.09. The minimum absolute atomic E-state index is 0.0171. The van der Waals surface area contributed by atoms with E-state index in [2.05, 4.69) is 16.0 Å².